The molecule has 0 heterocycles. The molecule has 0 saturated carbocycles. The number of benzene rings is 3. The summed E-state index contributed by atoms with van der Waals surface area (Å²) in [7, 11) is 0. The van der Waals surface area contributed by atoms with Crippen molar-refractivity contribution in [3.05, 3.63) is 81.6 Å². The number of carbonyl (C=O) groups excluding carboxylic acids is 2. The van der Waals surface area contributed by atoms with Gasteiger partial charge in [-0.25, -0.2) is 9.18 Å². The molecule has 182 valence electrons. The first kappa shape index (κ1) is 24.5. The van der Waals surface area contributed by atoms with Crippen molar-refractivity contribution >= 4 is 29.2 Å². The number of fused-ring (bicyclic) bond motifs is 1. The van der Waals surface area contributed by atoms with Gasteiger partial charge in [0.15, 0.2) is 0 Å². The minimum atomic E-state index is -1.21. The van der Waals surface area contributed by atoms with Gasteiger partial charge in [0, 0.05) is 16.8 Å². The number of nitrogens with one attached hydrogen (secondary N) is 1. The molecule has 0 fully saturated rings. The van der Waals surface area contributed by atoms with Crippen molar-refractivity contribution < 1.29 is 33.7 Å². The van der Waals surface area contributed by atoms with Gasteiger partial charge in [-0.3, -0.25) is 4.79 Å². The Kier molecular flexibility index (Phi) is 7.23. The Hall–Kier alpha value is -3.62. The van der Waals surface area contributed by atoms with Gasteiger partial charge >= 0.3 is 11.9 Å². The van der Waals surface area contributed by atoms with E-state index in [2.05, 4.69) is 5.32 Å². The summed E-state index contributed by atoms with van der Waals surface area (Å²) in [5.41, 5.74) is 2.61. The topological polar surface area (TPSA) is 105 Å². The minimum absolute atomic E-state index is 0.0857. The Balaban J connectivity index is 1.63. The maximum absolute atomic E-state index is 13.2. The number of phenols is 1. The third kappa shape index (κ3) is 5.23. The molecule has 4 rings (SSSR count). The number of carbonyl (C=O) groups is 2. The highest BCUT2D eigenvalue weighted by atomic mass is 35.5. The monoisotopic (exact) mass is 499 g/mol. The Labute approximate surface area is 206 Å². The van der Waals surface area contributed by atoms with Gasteiger partial charge < -0.3 is 25.0 Å². The van der Waals surface area contributed by atoms with E-state index in [9.17, 15) is 24.2 Å². The largest absolute Gasteiger partial charge is 0.508 e. The summed E-state index contributed by atoms with van der Waals surface area (Å²) < 4.78 is 24.1. The molecule has 0 radical (unpaired) electrons. The zero-order valence-corrected chi connectivity index (χ0v) is 19.6. The molecular weight excluding hydrogens is 477 g/mol. The van der Waals surface area contributed by atoms with E-state index < -0.39 is 23.8 Å². The average Bonchev–Trinajstić information content (AvgIpc) is 3.33. The lowest BCUT2D eigenvalue weighted by Crippen LogP contribution is -2.25. The summed E-state index contributed by atoms with van der Waals surface area (Å²) in [5, 5.41) is 23.8. The molecular formula is C26H23ClFNO6. The van der Waals surface area contributed by atoms with Crippen LogP contribution in [0.5, 0.6) is 17.2 Å². The van der Waals surface area contributed by atoms with E-state index in [0.717, 1.165) is 17.5 Å². The lowest BCUT2D eigenvalue weighted by molar-refractivity contribution is -0.152. The van der Waals surface area contributed by atoms with E-state index in [1.54, 1.807) is 6.92 Å². The number of aliphatic hydroxyl groups is 1. The Morgan fingerprint density at radius 3 is 2.54 bits per heavy atom. The van der Waals surface area contributed by atoms with Crippen LogP contribution in [0.4, 0.5) is 10.1 Å². The Bertz CT molecular complexity index is 1280. The second-order valence-electron chi connectivity index (χ2n) is 8.00. The van der Waals surface area contributed by atoms with E-state index in [1.165, 1.54) is 48.5 Å². The van der Waals surface area contributed by atoms with Crippen LogP contribution in [0.3, 0.4) is 0 Å². The summed E-state index contributed by atoms with van der Waals surface area (Å²) in [6.45, 7) is 1.70. The number of rotatable bonds is 6. The fourth-order valence-corrected chi connectivity index (χ4v) is 4.33. The molecule has 1 atom stereocenters. The predicted molar refractivity (Wildman–Crippen MR) is 127 cm³/mol. The summed E-state index contributed by atoms with van der Waals surface area (Å²) in [6, 6.07) is 11.2. The second-order valence-corrected chi connectivity index (χ2v) is 8.40. The van der Waals surface area contributed by atoms with E-state index in [0.29, 0.717) is 35.6 Å². The van der Waals surface area contributed by atoms with Gasteiger partial charge in [0.25, 0.3) is 0 Å². The van der Waals surface area contributed by atoms with Crippen LogP contribution < -0.4 is 10.1 Å². The second kappa shape index (κ2) is 10.3. The summed E-state index contributed by atoms with van der Waals surface area (Å²) in [4.78, 5) is 23.9. The normalized spacial score (nSPS) is 13.1. The highest BCUT2D eigenvalue weighted by Crippen LogP contribution is 2.44. The van der Waals surface area contributed by atoms with Crippen LogP contribution in [0.1, 0.15) is 41.7 Å². The first-order valence-electron chi connectivity index (χ1n) is 11.0. The molecule has 35 heavy (non-hydrogen) atoms. The van der Waals surface area contributed by atoms with Crippen LogP contribution in [0.15, 0.2) is 48.5 Å². The zero-order chi connectivity index (χ0) is 25.1. The first-order chi connectivity index (χ1) is 16.8. The number of halogens is 2. The van der Waals surface area contributed by atoms with Crippen LogP contribution in [-0.4, -0.2) is 28.7 Å². The standard InChI is InChI=1S/C26H23ClFNO6/c1-2-34-26(33)25(32)29-21-13-20(27)24(18-5-3-4-17(18)21)35-16-10-11-22(30)19(12-16)23(31)14-6-8-15(28)9-7-14/h6-13,23,30-31H,2-5H2,1H3,(H,29,32). The van der Waals surface area contributed by atoms with E-state index in [-0.39, 0.29) is 22.9 Å². The van der Waals surface area contributed by atoms with Crippen molar-refractivity contribution in [1.82, 2.24) is 0 Å². The Morgan fingerprint density at radius 2 is 1.83 bits per heavy atom. The third-order valence-electron chi connectivity index (χ3n) is 5.71. The van der Waals surface area contributed by atoms with Crippen molar-refractivity contribution in [2.24, 2.45) is 0 Å². The van der Waals surface area contributed by atoms with Gasteiger partial charge in [0.05, 0.1) is 11.6 Å². The van der Waals surface area contributed by atoms with E-state index in [4.69, 9.17) is 21.1 Å². The summed E-state index contributed by atoms with van der Waals surface area (Å²) in [6.07, 6.45) is 0.904. The van der Waals surface area contributed by atoms with Gasteiger partial charge in [-0.05, 0) is 73.7 Å². The molecule has 0 saturated heterocycles. The molecule has 1 aliphatic rings. The zero-order valence-electron chi connectivity index (χ0n) is 18.8. The fraction of sp³-hybridized carbons (Fsp3) is 0.231. The lowest BCUT2D eigenvalue weighted by atomic mass is 10.0. The minimum Gasteiger partial charge on any atom is -0.508 e. The van der Waals surface area contributed by atoms with E-state index >= 15 is 0 Å². The quantitative estimate of drug-likeness (QED) is 0.324. The summed E-state index contributed by atoms with van der Waals surface area (Å²) in [5.74, 6) is -1.75. The van der Waals surface area contributed by atoms with Gasteiger partial charge in [0.1, 0.15) is 29.2 Å². The van der Waals surface area contributed by atoms with Crippen molar-refractivity contribution in [3.63, 3.8) is 0 Å². The first-order valence-corrected chi connectivity index (χ1v) is 11.4. The Morgan fingerprint density at radius 1 is 1.11 bits per heavy atom. The molecule has 3 aromatic rings. The molecule has 1 amide bonds. The van der Waals surface area contributed by atoms with Crippen LogP contribution in [0, 0.1) is 5.82 Å². The van der Waals surface area contributed by atoms with E-state index in [1.807, 2.05) is 0 Å². The molecule has 3 aromatic carbocycles. The fourth-order valence-electron chi connectivity index (χ4n) is 4.06. The maximum atomic E-state index is 13.2. The number of esters is 1. The molecule has 0 spiro atoms. The number of hydrogen-bond acceptors (Lipinski definition) is 6. The number of aliphatic hydroxyl groups excluding tert-OH is 1. The molecule has 0 aromatic heterocycles. The third-order valence-corrected chi connectivity index (χ3v) is 5.99. The van der Waals surface area contributed by atoms with Crippen LogP contribution in [-0.2, 0) is 27.2 Å². The predicted octanol–water partition coefficient (Wildman–Crippen LogP) is 5.05. The number of ether oxygens (including phenoxy) is 2. The number of amides is 1. The van der Waals surface area contributed by atoms with Gasteiger partial charge in [-0.15, -0.1) is 0 Å². The van der Waals surface area contributed by atoms with Crippen molar-refractivity contribution in [2.75, 3.05) is 11.9 Å². The maximum Gasteiger partial charge on any atom is 0.397 e. The molecule has 0 aliphatic heterocycles. The highest BCUT2D eigenvalue weighted by molar-refractivity contribution is 6.38. The average molecular weight is 500 g/mol. The van der Waals surface area contributed by atoms with Crippen LogP contribution >= 0.6 is 11.6 Å². The van der Waals surface area contributed by atoms with Crippen LogP contribution in [0.25, 0.3) is 0 Å². The highest BCUT2D eigenvalue weighted by Gasteiger charge is 2.26. The molecule has 3 N–H and O–H groups in total. The number of anilines is 1. The van der Waals surface area contributed by atoms with Crippen molar-refractivity contribution in [2.45, 2.75) is 32.3 Å². The van der Waals surface area contributed by atoms with Gasteiger partial charge in [-0.1, -0.05) is 23.7 Å². The molecule has 0 bridgehead atoms. The lowest BCUT2D eigenvalue weighted by Gasteiger charge is -2.18. The molecule has 1 aliphatic carbocycles. The molecule has 9 heteroatoms. The number of hydrogen-bond donors (Lipinski definition) is 3. The summed E-state index contributed by atoms with van der Waals surface area (Å²) >= 11 is 6.50. The molecule has 7 nitrogen and oxygen atoms in total. The SMILES string of the molecule is CCOC(=O)C(=O)Nc1cc(Cl)c(Oc2ccc(O)c(C(O)c3ccc(F)cc3)c2)c2c1CCC2. The van der Waals surface area contributed by atoms with Crippen LogP contribution in [0.2, 0.25) is 5.02 Å². The number of phenolic OH excluding ortho intramolecular Hbond substituents is 1. The number of aromatic hydroxyl groups is 1. The van der Waals surface area contributed by atoms with Gasteiger partial charge in [-0.2, -0.15) is 0 Å². The van der Waals surface area contributed by atoms with Gasteiger partial charge in [0.2, 0.25) is 0 Å². The van der Waals surface area contributed by atoms with Crippen molar-refractivity contribution in [3.8, 4) is 17.2 Å². The molecule has 1 unspecified atom stereocenters. The smallest absolute Gasteiger partial charge is 0.397 e. The van der Waals surface area contributed by atoms with Crippen molar-refractivity contribution in [1.29, 1.82) is 0 Å².